The molecule has 0 aliphatic rings. The summed E-state index contributed by atoms with van der Waals surface area (Å²) in [5.74, 6) is -2.07. The zero-order chi connectivity index (χ0) is 18.3. The molecule has 2 aromatic carbocycles. The van der Waals surface area contributed by atoms with Gasteiger partial charge in [-0.15, -0.1) is 0 Å². The van der Waals surface area contributed by atoms with E-state index in [2.05, 4.69) is 5.32 Å². The first-order chi connectivity index (χ1) is 11.8. The van der Waals surface area contributed by atoms with E-state index in [-0.39, 0.29) is 17.1 Å². The number of amides is 1. The molecule has 0 fully saturated rings. The Morgan fingerprint density at radius 2 is 1.80 bits per heavy atom. The van der Waals surface area contributed by atoms with Crippen LogP contribution in [-0.4, -0.2) is 20.0 Å². The van der Waals surface area contributed by atoms with Crippen LogP contribution in [0, 0.1) is 18.6 Å². The number of furan rings is 1. The van der Waals surface area contributed by atoms with Gasteiger partial charge in [-0.3, -0.25) is 4.79 Å². The third-order valence-corrected chi connectivity index (χ3v) is 4.06. The number of nitrogens with zero attached hydrogens (tertiary/aromatic N) is 1. The molecule has 3 rings (SSSR count). The second kappa shape index (κ2) is 6.37. The van der Waals surface area contributed by atoms with Gasteiger partial charge in [0.15, 0.2) is 17.4 Å². The van der Waals surface area contributed by atoms with E-state index < -0.39 is 17.5 Å². The van der Waals surface area contributed by atoms with Crippen LogP contribution in [0.3, 0.4) is 0 Å². The molecular formula is C18H15ClF2N2O2. The van der Waals surface area contributed by atoms with E-state index >= 15 is 0 Å². The Bertz CT molecular complexity index is 960. The molecular weight excluding hydrogens is 350 g/mol. The topological polar surface area (TPSA) is 45.5 Å². The van der Waals surface area contributed by atoms with Gasteiger partial charge in [-0.2, -0.15) is 0 Å². The van der Waals surface area contributed by atoms with Gasteiger partial charge in [0.1, 0.15) is 11.3 Å². The molecule has 7 heteroatoms. The highest BCUT2D eigenvalue weighted by Crippen LogP contribution is 2.29. The van der Waals surface area contributed by atoms with E-state index in [0.717, 1.165) is 12.1 Å². The van der Waals surface area contributed by atoms with Crippen LogP contribution in [0.1, 0.15) is 16.1 Å². The molecule has 1 aromatic heterocycles. The lowest BCUT2D eigenvalue weighted by atomic mass is 10.1. The lowest BCUT2D eigenvalue weighted by Crippen LogP contribution is -2.15. The van der Waals surface area contributed by atoms with Crippen LogP contribution in [-0.2, 0) is 0 Å². The number of anilines is 2. The van der Waals surface area contributed by atoms with Crippen molar-refractivity contribution in [1.82, 2.24) is 0 Å². The van der Waals surface area contributed by atoms with Crippen LogP contribution in [0.2, 0.25) is 5.02 Å². The smallest absolute Gasteiger partial charge is 0.291 e. The zero-order valence-electron chi connectivity index (χ0n) is 13.8. The van der Waals surface area contributed by atoms with Crippen molar-refractivity contribution in [3.05, 3.63) is 58.3 Å². The second-order valence-electron chi connectivity index (χ2n) is 5.83. The summed E-state index contributed by atoms with van der Waals surface area (Å²) in [6, 6.07) is 7.12. The van der Waals surface area contributed by atoms with Gasteiger partial charge in [-0.25, -0.2) is 8.78 Å². The number of carbonyl (C=O) groups is 1. The van der Waals surface area contributed by atoms with Gasteiger partial charge in [-0.1, -0.05) is 11.6 Å². The minimum absolute atomic E-state index is 0.00323. The molecule has 0 saturated carbocycles. The van der Waals surface area contributed by atoms with Crippen LogP contribution >= 0.6 is 11.6 Å². The maximum absolute atomic E-state index is 14.0. The van der Waals surface area contributed by atoms with Crippen molar-refractivity contribution in [2.75, 3.05) is 24.3 Å². The van der Waals surface area contributed by atoms with Crippen molar-refractivity contribution < 1.29 is 18.0 Å². The fourth-order valence-electron chi connectivity index (χ4n) is 2.66. The molecule has 0 aliphatic carbocycles. The normalized spacial score (nSPS) is 11.0. The molecule has 0 unspecified atom stereocenters. The molecule has 4 nitrogen and oxygen atoms in total. The summed E-state index contributed by atoms with van der Waals surface area (Å²) in [4.78, 5) is 13.8. The lowest BCUT2D eigenvalue weighted by molar-refractivity contribution is 0.0998. The number of hydrogen-bond donors (Lipinski definition) is 1. The molecule has 3 aromatic rings. The molecule has 0 bridgehead atoms. The average molecular weight is 365 g/mol. The Kier molecular flexibility index (Phi) is 4.39. The summed E-state index contributed by atoms with van der Waals surface area (Å²) in [7, 11) is 3.06. The average Bonchev–Trinajstić information content (AvgIpc) is 2.83. The van der Waals surface area contributed by atoms with Crippen molar-refractivity contribution in [2.24, 2.45) is 0 Å². The first kappa shape index (κ1) is 17.2. The van der Waals surface area contributed by atoms with Crippen LogP contribution in [0.15, 0.2) is 34.7 Å². The molecule has 1 N–H and O–H groups in total. The molecule has 0 atom stereocenters. The Hall–Kier alpha value is -2.60. The number of rotatable bonds is 3. The Morgan fingerprint density at radius 1 is 1.16 bits per heavy atom. The summed E-state index contributed by atoms with van der Waals surface area (Å²) in [6.45, 7) is 1.72. The minimum Gasteiger partial charge on any atom is -0.451 e. The van der Waals surface area contributed by atoms with E-state index in [1.165, 1.54) is 19.0 Å². The summed E-state index contributed by atoms with van der Waals surface area (Å²) in [5.41, 5.74) is 0.935. The van der Waals surface area contributed by atoms with Gasteiger partial charge in [0.25, 0.3) is 5.91 Å². The molecule has 0 saturated heterocycles. The minimum atomic E-state index is -0.770. The standard InChI is InChI=1S/C18H15ClF2N2O2/c1-9-12-6-10(19)4-5-15(12)25-17(9)18(24)22-11-7-13(20)16(23(2)3)14(21)8-11/h4-8H,1-3H3,(H,22,24). The zero-order valence-corrected chi connectivity index (χ0v) is 14.5. The lowest BCUT2D eigenvalue weighted by Gasteiger charge is -2.15. The number of aryl methyl sites for hydroxylation is 1. The summed E-state index contributed by atoms with van der Waals surface area (Å²) in [6.07, 6.45) is 0. The molecule has 0 spiro atoms. The Balaban J connectivity index is 1.94. The van der Waals surface area contributed by atoms with Gasteiger partial charge in [0, 0.05) is 35.8 Å². The third-order valence-electron chi connectivity index (χ3n) is 3.83. The van der Waals surface area contributed by atoms with Crippen molar-refractivity contribution in [1.29, 1.82) is 0 Å². The number of nitrogens with one attached hydrogen (secondary N) is 1. The highest BCUT2D eigenvalue weighted by molar-refractivity contribution is 6.31. The van der Waals surface area contributed by atoms with Crippen molar-refractivity contribution in [3.63, 3.8) is 0 Å². The number of halogens is 3. The van der Waals surface area contributed by atoms with Gasteiger partial charge < -0.3 is 14.6 Å². The summed E-state index contributed by atoms with van der Waals surface area (Å²) >= 11 is 5.95. The summed E-state index contributed by atoms with van der Waals surface area (Å²) < 4.78 is 33.6. The van der Waals surface area contributed by atoms with Crippen LogP contribution in [0.25, 0.3) is 11.0 Å². The summed E-state index contributed by atoms with van der Waals surface area (Å²) in [5, 5.41) is 3.68. The largest absolute Gasteiger partial charge is 0.451 e. The molecule has 25 heavy (non-hydrogen) atoms. The highest BCUT2D eigenvalue weighted by Gasteiger charge is 2.20. The third kappa shape index (κ3) is 3.17. The molecule has 0 radical (unpaired) electrons. The maximum atomic E-state index is 14.0. The fraction of sp³-hybridized carbons (Fsp3) is 0.167. The Labute approximate surface area is 148 Å². The number of fused-ring (bicyclic) bond motifs is 1. The predicted octanol–water partition coefficient (Wildman–Crippen LogP) is 4.99. The maximum Gasteiger partial charge on any atom is 0.291 e. The van der Waals surface area contributed by atoms with Gasteiger partial charge in [0.05, 0.1) is 0 Å². The Morgan fingerprint density at radius 3 is 2.40 bits per heavy atom. The first-order valence-corrected chi connectivity index (χ1v) is 7.82. The second-order valence-corrected chi connectivity index (χ2v) is 6.27. The molecule has 0 aliphatic heterocycles. The molecule has 1 amide bonds. The van der Waals surface area contributed by atoms with E-state index in [9.17, 15) is 13.6 Å². The van der Waals surface area contributed by atoms with E-state index in [1.807, 2.05) is 0 Å². The quantitative estimate of drug-likeness (QED) is 0.712. The number of benzene rings is 2. The van der Waals surface area contributed by atoms with E-state index in [4.69, 9.17) is 16.0 Å². The number of carbonyl (C=O) groups excluding carboxylic acids is 1. The highest BCUT2D eigenvalue weighted by atomic mass is 35.5. The van der Waals surface area contributed by atoms with Gasteiger partial charge in [0.2, 0.25) is 0 Å². The van der Waals surface area contributed by atoms with Crippen LogP contribution in [0.5, 0.6) is 0 Å². The van der Waals surface area contributed by atoms with Crippen molar-refractivity contribution in [3.8, 4) is 0 Å². The van der Waals surface area contributed by atoms with E-state index in [0.29, 0.717) is 21.6 Å². The molecule has 1 heterocycles. The van der Waals surface area contributed by atoms with Gasteiger partial charge >= 0.3 is 0 Å². The van der Waals surface area contributed by atoms with Crippen LogP contribution in [0.4, 0.5) is 20.2 Å². The van der Waals surface area contributed by atoms with Gasteiger partial charge in [-0.05, 0) is 37.3 Å². The first-order valence-electron chi connectivity index (χ1n) is 7.44. The molecule has 130 valence electrons. The number of hydrogen-bond acceptors (Lipinski definition) is 3. The van der Waals surface area contributed by atoms with Crippen molar-refractivity contribution in [2.45, 2.75) is 6.92 Å². The predicted molar refractivity (Wildman–Crippen MR) is 94.6 cm³/mol. The van der Waals surface area contributed by atoms with Crippen LogP contribution < -0.4 is 10.2 Å². The monoisotopic (exact) mass is 364 g/mol. The van der Waals surface area contributed by atoms with Crippen molar-refractivity contribution >= 4 is 39.9 Å². The SMILES string of the molecule is Cc1c(C(=O)Nc2cc(F)c(N(C)C)c(F)c2)oc2ccc(Cl)cc12. The van der Waals surface area contributed by atoms with E-state index in [1.54, 1.807) is 25.1 Å². The fourth-order valence-corrected chi connectivity index (χ4v) is 2.83.